The van der Waals surface area contributed by atoms with Crippen LogP contribution in [0.15, 0.2) is 42.5 Å². The monoisotopic (exact) mass is 289 g/mol. The maximum atomic E-state index is 6.41. The smallest absolute Gasteiger partial charge is 0.120 e. The molecule has 20 heavy (non-hydrogen) atoms. The van der Waals surface area contributed by atoms with Gasteiger partial charge in [-0.05, 0) is 36.7 Å². The highest BCUT2D eigenvalue weighted by Crippen LogP contribution is 2.31. The summed E-state index contributed by atoms with van der Waals surface area (Å²) in [6.45, 7) is 5.07. The molecule has 2 nitrogen and oxygen atoms in total. The molecule has 0 aromatic heterocycles. The zero-order valence-electron chi connectivity index (χ0n) is 12.1. The van der Waals surface area contributed by atoms with Crippen LogP contribution < -0.4 is 10.1 Å². The molecule has 0 saturated carbocycles. The van der Waals surface area contributed by atoms with Crippen molar-refractivity contribution >= 4 is 11.6 Å². The predicted octanol–water partition coefficient (Wildman–Crippen LogP) is 4.36. The van der Waals surface area contributed by atoms with E-state index in [0.717, 1.165) is 22.9 Å². The van der Waals surface area contributed by atoms with Crippen LogP contribution >= 0.6 is 11.6 Å². The average molecular weight is 290 g/mol. The molecule has 0 spiro atoms. The van der Waals surface area contributed by atoms with Gasteiger partial charge in [0.05, 0.1) is 13.2 Å². The van der Waals surface area contributed by atoms with Crippen LogP contribution in [0.1, 0.15) is 29.7 Å². The molecule has 3 heteroatoms. The molecular formula is C17H20ClNO. The summed E-state index contributed by atoms with van der Waals surface area (Å²) in [5.41, 5.74) is 3.54. The van der Waals surface area contributed by atoms with Crippen molar-refractivity contribution in [2.24, 2.45) is 0 Å². The van der Waals surface area contributed by atoms with Crippen molar-refractivity contribution in [3.63, 3.8) is 0 Å². The summed E-state index contributed by atoms with van der Waals surface area (Å²) in [4.78, 5) is 0. The third kappa shape index (κ3) is 3.33. The summed E-state index contributed by atoms with van der Waals surface area (Å²) in [6.07, 6.45) is 0. The summed E-state index contributed by atoms with van der Waals surface area (Å²) in [6, 6.07) is 14.4. The normalized spacial score (nSPS) is 12.2. The third-order valence-corrected chi connectivity index (χ3v) is 3.63. The van der Waals surface area contributed by atoms with Crippen molar-refractivity contribution in [2.45, 2.75) is 19.9 Å². The number of methoxy groups -OCH3 is 1. The minimum atomic E-state index is 0.0957. The van der Waals surface area contributed by atoms with E-state index in [4.69, 9.17) is 16.3 Å². The Hall–Kier alpha value is -1.51. The van der Waals surface area contributed by atoms with E-state index in [0.29, 0.717) is 0 Å². The van der Waals surface area contributed by atoms with Crippen molar-refractivity contribution in [1.82, 2.24) is 5.32 Å². The summed E-state index contributed by atoms with van der Waals surface area (Å²) in [5.74, 6) is 0.776. The molecule has 0 heterocycles. The van der Waals surface area contributed by atoms with Crippen LogP contribution in [0.25, 0.3) is 0 Å². The number of hydrogen-bond acceptors (Lipinski definition) is 2. The number of rotatable bonds is 5. The van der Waals surface area contributed by atoms with Crippen LogP contribution in [0, 0.1) is 6.92 Å². The second-order valence-corrected chi connectivity index (χ2v) is 5.20. The average Bonchev–Trinajstić information content (AvgIpc) is 2.45. The number of halogens is 1. The van der Waals surface area contributed by atoms with Crippen LogP contribution in [0.3, 0.4) is 0 Å². The van der Waals surface area contributed by atoms with Gasteiger partial charge >= 0.3 is 0 Å². The van der Waals surface area contributed by atoms with Crippen molar-refractivity contribution in [3.05, 3.63) is 64.2 Å². The Kier molecular flexibility index (Phi) is 5.05. The third-order valence-electron chi connectivity index (χ3n) is 3.30. The molecule has 0 aliphatic heterocycles. The van der Waals surface area contributed by atoms with E-state index in [-0.39, 0.29) is 6.04 Å². The lowest BCUT2D eigenvalue weighted by molar-refractivity contribution is 0.414. The fraction of sp³-hybridized carbons (Fsp3) is 0.294. The topological polar surface area (TPSA) is 21.3 Å². The molecule has 1 atom stereocenters. The van der Waals surface area contributed by atoms with E-state index >= 15 is 0 Å². The summed E-state index contributed by atoms with van der Waals surface area (Å²) in [5, 5.41) is 4.21. The molecule has 0 fully saturated rings. The maximum Gasteiger partial charge on any atom is 0.120 e. The molecule has 0 saturated heterocycles. The predicted molar refractivity (Wildman–Crippen MR) is 84.7 cm³/mol. The van der Waals surface area contributed by atoms with Crippen LogP contribution in [-0.4, -0.2) is 13.7 Å². The molecule has 2 aromatic rings. The Morgan fingerprint density at radius 2 is 2.00 bits per heavy atom. The van der Waals surface area contributed by atoms with Crippen molar-refractivity contribution in [3.8, 4) is 5.75 Å². The lowest BCUT2D eigenvalue weighted by Gasteiger charge is -2.21. The molecule has 2 rings (SSSR count). The van der Waals surface area contributed by atoms with Gasteiger partial charge in [-0.3, -0.25) is 0 Å². The minimum absolute atomic E-state index is 0.0957. The second kappa shape index (κ2) is 6.78. The molecule has 1 N–H and O–H groups in total. The highest BCUT2D eigenvalue weighted by Gasteiger charge is 2.16. The maximum absolute atomic E-state index is 6.41. The number of nitrogens with one attached hydrogen (secondary N) is 1. The van der Waals surface area contributed by atoms with Gasteiger partial charge in [0.1, 0.15) is 5.75 Å². The van der Waals surface area contributed by atoms with Gasteiger partial charge in [-0.1, -0.05) is 54.4 Å². The van der Waals surface area contributed by atoms with Gasteiger partial charge in [-0.15, -0.1) is 0 Å². The fourth-order valence-corrected chi connectivity index (χ4v) is 2.61. The minimum Gasteiger partial charge on any atom is -0.497 e. The number of ether oxygens (including phenoxy) is 1. The zero-order valence-corrected chi connectivity index (χ0v) is 12.9. The molecule has 1 unspecified atom stereocenters. The first-order chi connectivity index (χ1) is 9.65. The van der Waals surface area contributed by atoms with Crippen LogP contribution in [0.2, 0.25) is 5.02 Å². The van der Waals surface area contributed by atoms with Gasteiger partial charge in [-0.25, -0.2) is 0 Å². The molecule has 0 bridgehead atoms. The molecule has 2 aromatic carbocycles. The largest absolute Gasteiger partial charge is 0.497 e. The molecule has 106 valence electrons. The number of hydrogen-bond donors (Lipinski definition) is 1. The number of aryl methyl sites for hydroxylation is 1. The molecule has 0 radical (unpaired) electrons. The summed E-state index contributed by atoms with van der Waals surface area (Å²) >= 11 is 6.41. The van der Waals surface area contributed by atoms with Crippen molar-refractivity contribution in [1.29, 1.82) is 0 Å². The van der Waals surface area contributed by atoms with Gasteiger partial charge in [0, 0.05) is 5.02 Å². The Morgan fingerprint density at radius 3 is 2.60 bits per heavy atom. The van der Waals surface area contributed by atoms with E-state index in [9.17, 15) is 0 Å². The van der Waals surface area contributed by atoms with Crippen LogP contribution in [0.4, 0.5) is 0 Å². The Morgan fingerprint density at radius 1 is 1.20 bits per heavy atom. The Bertz CT molecular complexity index is 583. The molecule has 0 amide bonds. The lowest BCUT2D eigenvalue weighted by atomic mass is 9.97. The summed E-state index contributed by atoms with van der Waals surface area (Å²) in [7, 11) is 1.65. The van der Waals surface area contributed by atoms with E-state index in [1.54, 1.807) is 7.11 Å². The van der Waals surface area contributed by atoms with Crippen LogP contribution in [-0.2, 0) is 0 Å². The number of benzene rings is 2. The van der Waals surface area contributed by atoms with Crippen LogP contribution in [0.5, 0.6) is 5.75 Å². The van der Waals surface area contributed by atoms with Crippen molar-refractivity contribution < 1.29 is 4.74 Å². The van der Waals surface area contributed by atoms with Gasteiger partial charge in [0.25, 0.3) is 0 Å². The standard InChI is InChI=1S/C17H20ClNO/c1-4-19-17(13-7-5-6-12(2)10-13)15-9-8-14(20-3)11-16(15)18/h5-11,17,19H,4H2,1-3H3. The molecule has 0 aliphatic rings. The van der Waals surface area contributed by atoms with Gasteiger partial charge in [-0.2, -0.15) is 0 Å². The summed E-state index contributed by atoms with van der Waals surface area (Å²) < 4.78 is 5.21. The highest BCUT2D eigenvalue weighted by atomic mass is 35.5. The van der Waals surface area contributed by atoms with E-state index in [2.05, 4.69) is 43.4 Å². The second-order valence-electron chi connectivity index (χ2n) is 4.79. The highest BCUT2D eigenvalue weighted by molar-refractivity contribution is 6.31. The quantitative estimate of drug-likeness (QED) is 0.883. The Balaban J connectivity index is 2.43. The van der Waals surface area contributed by atoms with E-state index in [1.165, 1.54) is 11.1 Å². The lowest BCUT2D eigenvalue weighted by Crippen LogP contribution is -2.22. The first-order valence-corrected chi connectivity index (χ1v) is 7.17. The van der Waals surface area contributed by atoms with E-state index in [1.807, 2.05) is 18.2 Å². The Labute approximate surface area is 125 Å². The van der Waals surface area contributed by atoms with E-state index < -0.39 is 0 Å². The SMILES string of the molecule is CCNC(c1cccc(C)c1)c1ccc(OC)cc1Cl. The fourth-order valence-electron chi connectivity index (χ4n) is 2.33. The zero-order chi connectivity index (χ0) is 14.5. The van der Waals surface area contributed by atoms with Gasteiger partial charge in [0.2, 0.25) is 0 Å². The first kappa shape index (κ1) is 14.9. The molecular weight excluding hydrogens is 270 g/mol. The molecule has 0 aliphatic carbocycles. The first-order valence-electron chi connectivity index (χ1n) is 6.79. The van der Waals surface area contributed by atoms with Crippen molar-refractivity contribution in [2.75, 3.05) is 13.7 Å². The van der Waals surface area contributed by atoms with Gasteiger partial charge in [0.15, 0.2) is 0 Å². The van der Waals surface area contributed by atoms with Gasteiger partial charge < -0.3 is 10.1 Å².